The zero-order chi connectivity index (χ0) is 17.9. The first-order valence-electron chi connectivity index (χ1n) is 6.68. The van der Waals surface area contributed by atoms with Crippen molar-refractivity contribution >= 4 is 27.8 Å². The van der Waals surface area contributed by atoms with Gasteiger partial charge in [0, 0.05) is 5.56 Å². The van der Waals surface area contributed by atoms with Gasteiger partial charge >= 0.3 is 6.18 Å². The lowest BCUT2D eigenvalue weighted by molar-refractivity contribution is -0.137. The minimum absolute atomic E-state index is 0.0660. The molecule has 0 heterocycles. The van der Waals surface area contributed by atoms with E-state index in [0.29, 0.717) is 10.0 Å². The molecule has 0 amide bonds. The predicted molar refractivity (Wildman–Crippen MR) is 87.2 cm³/mol. The second-order valence-corrected chi connectivity index (χ2v) is 5.68. The fourth-order valence-corrected chi connectivity index (χ4v) is 2.40. The van der Waals surface area contributed by atoms with Crippen molar-refractivity contribution in [3.63, 3.8) is 0 Å². The average Bonchev–Trinajstić information content (AvgIpc) is 2.54. The van der Waals surface area contributed by atoms with E-state index in [9.17, 15) is 23.1 Å². The topological polar surface area (TPSA) is 46.5 Å². The Labute approximate surface area is 144 Å². The molecule has 3 nitrogen and oxygen atoms in total. The number of hydrogen-bond donors (Lipinski definition) is 1. The van der Waals surface area contributed by atoms with E-state index in [1.165, 1.54) is 25.3 Å². The lowest BCUT2D eigenvalue weighted by Crippen LogP contribution is -2.05. The lowest BCUT2D eigenvalue weighted by Gasteiger charge is -2.07. The van der Waals surface area contributed by atoms with Crippen LogP contribution in [-0.4, -0.2) is 18.0 Å². The van der Waals surface area contributed by atoms with Gasteiger partial charge in [-0.05, 0) is 51.8 Å². The van der Waals surface area contributed by atoms with Crippen molar-refractivity contribution < 1.29 is 27.8 Å². The lowest BCUT2D eigenvalue weighted by atomic mass is 10.1. The Bertz CT molecular complexity index is 781. The predicted octanol–water partition coefficient (Wildman–Crippen LogP) is 5.08. The number of alkyl halides is 3. The molecule has 0 radical (unpaired) electrons. The molecule has 0 fully saturated rings. The molecule has 0 aromatic heterocycles. The molecule has 24 heavy (non-hydrogen) atoms. The Hall–Kier alpha value is -2.28. The number of ketones is 1. The van der Waals surface area contributed by atoms with E-state index < -0.39 is 17.5 Å². The molecular formula is C17H12BrF3O3. The van der Waals surface area contributed by atoms with E-state index in [2.05, 4.69) is 15.9 Å². The summed E-state index contributed by atoms with van der Waals surface area (Å²) in [5, 5.41) is 9.71. The third-order valence-corrected chi connectivity index (χ3v) is 3.80. The Morgan fingerprint density at radius 1 is 1.21 bits per heavy atom. The number of allylic oxidation sites excluding steroid dienone is 1. The standard InChI is InChI=1S/C17H12BrF3O3/c1-24-15-9-10(8-13(18)16(15)23)2-7-14(22)11-3-5-12(6-4-11)17(19,20)21/h2-9,23H,1H3/b7-2-. The third kappa shape index (κ3) is 4.17. The molecule has 7 heteroatoms. The fraction of sp³-hybridized carbons (Fsp3) is 0.118. The van der Waals surface area contributed by atoms with Gasteiger partial charge in [-0.3, -0.25) is 4.79 Å². The zero-order valence-corrected chi connectivity index (χ0v) is 14.0. The van der Waals surface area contributed by atoms with Gasteiger partial charge in [-0.25, -0.2) is 0 Å². The molecule has 0 bridgehead atoms. The highest BCUT2D eigenvalue weighted by Gasteiger charge is 2.30. The van der Waals surface area contributed by atoms with Crippen molar-refractivity contribution in [3.05, 3.63) is 63.6 Å². The van der Waals surface area contributed by atoms with Crippen LogP contribution >= 0.6 is 15.9 Å². The van der Waals surface area contributed by atoms with Crippen molar-refractivity contribution in [1.82, 2.24) is 0 Å². The smallest absolute Gasteiger partial charge is 0.416 e. The first-order valence-corrected chi connectivity index (χ1v) is 7.48. The number of halogens is 4. The highest BCUT2D eigenvalue weighted by atomic mass is 79.9. The maximum Gasteiger partial charge on any atom is 0.416 e. The summed E-state index contributed by atoms with van der Waals surface area (Å²) in [5.41, 5.74) is -0.0870. The monoisotopic (exact) mass is 400 g/mol. The molecule has 126 valence electrons. The number of carbonyl (C=O) groups is 1. The molecule has 0 saturated carbocycles. The van der Waals surface area contributed by atoms with E-state index >= 15 is 0 Å². The van der Waals surface area contributed by atoms with E-state index in [1.54, 1.807) is 6.07 Å². The van der Waals surface area contributed by atoms with Crippen LogP contribution in [-0.2, 0) is 6.18 Å². The molecule has 1 N–H and O–H groups in total. The summed E-state index contributed by atoms with van der Waals surface area (Å²) in [4.78, 5) is 12.0. The number of ether oxygens (including phenoxy) is 1. The van der Waals surface area contributed by atoms with Gasteiger partial charge in [0.05, 0.1) is 17.1 Å². The zero-order valence-electron chi connectivity index (χ0n) is 12.4. The average molecular weight is 401 g/mol. The van der Waals surface area contributed by atoms with Gasteiger partial charge in [0.1, 0.15) is 0 Å². The molecule has 0 aliphatic carbocycles. The second kappa shape index (κ2) is 7.09. The Kier molecular flexibility index (Phi) is 5.33. The number of methoxy groups -OCH3 is 1. The minimum Gasteiger partial charge on any atom is -0.503 e. The van der Waals surface area contributed by atoms with Crippen molar-refractivity contribution in [1.29, 1.82) is 0 Å². The number of carbonyl (C=O) groups excluding carboxylic acids is 1. The van der Waals surface area contributed by atoms with Gasteiger partial charge in [0.25, 0.3) is 0 Å². The number of phenols is 1. The minimum atomic E-state index is -4.44. The van der Waals surface area contributed by atoms with Crippen LogP contribution in [0.4, 0.5) is 13.2 Å². The molecule has 2 aromatic carbocycles. The summed E-state index contributed by atoms with van der Waals surface area (Å²) in [6.45, 7) is 0. The van der Waals surface area contributed by atoms with Crippen molar-refractivity contribution in [3.8, 4) is 11.5 Å². The normalized spacial score (nSPS) is 11.7. The van der Waals surface area contributed by atoms with Crippen molar-refractivity contribution in [2.75, 3.05) is 7.11 Å². The molecule has 2 rings (SSSR count). The van der Waals surface area contributed by atoms with Gasteiger partial charge in [-0.15, -0.1) is 0 Å². The maximum atomic E-state index is 12.5. The van der Waals surface area contributed by atoms with Gasteiger partial charge in [0.2, 0.25) is 0 Å². The van der Waals surface area contributed by atoms with Gasteiger partial charge in [0.15, 0.2) is 17.3 Å². The molecule has 0 unspecified atom stereocenters. The van der Waals surface area contributed by atoms with Crippen LogP contribution in [0.3, 0.4) is 0 Å². The Morgan fingerprint density at radius 3 is 2.38 bits per heavy atom. The van der Waals surface area contributed by atoms with E-state index in [1.807, 2.05) is 0 Å². The van der Waals surface area contributed by atoms with Crippen LogP contribution < -0.4 is 4.74 Å². The van der Waals surface area contributed by atoms with Crippen LogP contribution in [0, 0.1) is 0 Å². The van der Waals surface area contributed by atoms with Crippen LogP contribution in [0.5, 0.6) is 11.5 Å². The summed E-state index contributed by atoms with van der Waals surface area (Å²) >= 11 is 3.16. The molecule has 2 aromatic rings. The quantitative estimate of drug-likeness (QED) is 0.574. The van der Waals surface area contributed by atoms with Crippen molar-refractivity contribution in [2.24, 2.45) is 0 Å². The SMILES string of the molecule is COc1cc(/C=C\C(=O)c2ccc(C(F)(F)F)cc2)cc(Br)c1O. The Morgan fingerprint density at radius 2 is 1.83 bits per heavy atom. The number of hydrogen-bond acceptors (Lipinski definition) is 3. The van der Waals surface area contributed by atoms with Crippen LogP contribution in [0.25, 0.3) is 6.08 Å². The maximum absolute atomic E-state index is 12.5. The largest absolute Gasteiger partial charge is 0.503 e. The number of aromatic hydroxyl groups is 1. The summed E-state index contributed by atoms with van der Waals surface area (Å²) in [7, 11) is 1.39. The summed E-state index contributed by atoms with van der Waals surface area (Å²) in [6.07, 6.45) is -1.72. The van der Waals surface area contributed by atoms with Crippen LogP contribution in [0.15, 0.2) is 46.9 Å². The van der Waals surface area contributed by atoms with Crippen LogP contribution in [0.2, 0.25) is 0 Å². The van der Waals surface area contributed by atoms with Crippen molar-refractivity contribution in [2.45, 2.75) is 6.18 Å². The highest BCUT2D eigenvalue weighted by molar-refractivity contribution is 9.10. The molecule has 0 aliphatic heterocycles. The van der Waals surface area contributed by atoms with Gasteiger partial charge in [-0.1, -0.05) is 18.2 Å². The second-order valence-electron chi connectivity index (χ2n) is 4.83. The van der Waals surface area contributed by atoms with Gasteiger partial charge < -0.3 is 9.84 Å². The third-order valence-electron chi connectivity index (χ3n) is 3.19. The molecular weight excluding hydrogens is 389 g/mol. The highest BCUT2D eigenvalue weighted by Crippen LogP contribution is 2.35. The van der Waals surface area contributed by atoms with E-state index in [-0.39, 0.29) is 17.1 Å². The number of rotatable bonds is 4. The molecule has 0 saturated heterocycles. The van der Waals surface area contributed by atoms with E-state index in [4.69, 9.17) is 4.74 Å². The number of benzene rings is 2. The first-order chi connectivity index (χ1) is 11.2. The number of phenolic OH excluding ortho intramolecular Hbond substituents is 1. The first kappa shape index (κ1) is 18.1. The Balaban J connectivity index is 2.20. The summed E-state index contributed by atoms with van der Waals surface area (Å²) in [6, 6.07) is 7.08. The van der Waals surface area contributed by atoms with E-state index in [0.717, 1.165) is 24.3 Å². The van der Waals surface area contributed by atoms with Crippen LogP contribution in [0.1, 0.15) is 21.5 Å². The molecule has 0 aliphatic rings. The fourth-order valence-electron chi connectivity index (χ4n) is 1.94. The molecule has 0 atom stereocenters. The molecule has 0 spiro atoms. The summed E-state index contributed by atoms with van der Waals surface area (Å²) < 4.78 is 42.9. The summed E-state index contributed by atoms with van der Waals surface area (Å²) in [5.74, 6) is -0.276. The van der Waals surface area contributed by atoms with Gasteiger partial charge in [-0.2, -0.15) is 13.2 Å².